The zero-order valence-corrected chi connectivity index (χ0v) is 11.7. The second-order valence-electron chi connectivity index (χ2n) is 4.90. The first-order valence-electron chi connectivity index (χ1n) is 6.30. The Balaban J connectivity index is 2.72. The molecule has 6 heteroatoms. The number of amides is 1. The lowest BCUT2D eigenvalue weighted by atomic mass is 10.0. The number of aromatic nitrogens is 2. The maximum absolute atomic E-state index is 12.5. The minimum absolute atomic E-state index is 0.102. The van der Waals surface area contributed by atoms with Crippen LogP contribution in [0.1, 0.15) is 19.9 Å². The van der Waals surface area contributed by atoms with Gasteiger partial charge < -0.3 is 10.5 Å². The fourth-order valence-corrected chi connectivity index (χ4v) is 2.29. The number of hydrogen-bond acceptors (Lipinski definition) is 4. The maximum atomic E-state index is 12.5. The largest absolute Gasteiger partial charge is 0.494 e. The Bertz CT molecular complexity index is 706. The number of benzene rings is 1. The summed E-state index contributed by atoms with van der Waals surface area (Å²) in [7, 11) is 1.52. The predicted molar refractivity (Wildman–Crippen MR) is 75.6 cm³/mol. The molecule has 1 aromatic carbocycles. The van der Waals surface area contributed by atoms with Gasteiger partial charge in [0.2, 0.25) is 5.91 Å². The number of carbonyl (C=O) groups excluding carboxylic acids is 1. The van der Waals surface area contributed by atoms with Crippen molar-refractivity contribution in [3.8, 4) is 5.75 Å². The van der Waals surface area contributed by atoms with Crippen LogP contribution in [0.3, 0.4) is 0 Å². The van der Waals surface area contributed by atoms with Crippen LogP contribution in [0.2, 0.25) is 0 Å². The fourth-order valence-electron chi connectivity index (χ4n) is 2.29. The lowest BCUT2D eigenvalue weighted by Crippen LogP contribution is -2.37. The van der Waals surface area contributed by atoms with E-state index < -0.39 is 11.9 Å². The summed E-state index contributed by atoms with van der Waals surface area (Å²) in [6, 6.07) is 4.38. The van der Waals surface area contributed by atoms with E-state index >= 15 is 0 Å². The minimum Gasteiger partial charge on any atom is -0.494 e. The highest BCUT2D eigenvalue weighted by Crippen LogP contribution is 2.22. The third kappa shape index (κ3) is 2.24. The van der Waals surface area contributed by atoms with E-state index in [0.717, 1.165) is 0 Å². The van der Waals surface area contributed by atoms with E-state index in [1.165, 1.54) is 18.0 Å². The molecule has 0 bridgehead atoms. The van der Waals surface area contributed by atoms with Crippen molar-refractivity contribution in [2.24, 2.45) is 11.7 Å². The molecule has 0 unspecified atom stereocenters. The average molecular weight is 275 g/mol. The summed E-state index contributed by atoms with van der Waals surface area (Å²) in [6.45, 7) is 3.66. The molecule has 2 rings (SSSR count). The van der Waals surface area contributed by atoms with Crippen molar-refractivity contribution in [3.63, 3.8) is 0 Å². The number of rotatable bonds is 4. The van der Waals surface area contributed by atoms with Gasteiger partial charge in [-0.05, 0) is 18.1 Å². The van der Waals surface area contributed by atoms with Crippen LogP contribution < -0.4 is 16.0 Å². The monoisotopic (exact) mass is 275 g/mol. The van der Waals surface area contributed by atoms with Gasteiger partial charge in [-0.25, -0.2) is 4.98 Å². The van der Waals surface area contributed by atoms with Crippen molar-refractivity contribution in [2.45, 2.75) is 19.9 Å². The zero-order chi connectivity index (χ0) is 14.9. The highest BCUT2D eigenvalue weighted by Gasteiger charge is 2.23. The maximum Gasteiger partial charge on any atom is 0.262 e. The summed E-state index contributed by atoms with van der Waals surface area (Å²) >= 11 is 0. The number of para-hydroxylation sites is 1. The molecule has 1 heterocycles. The van der Waals surface area contributed by atoms with E-state index in [-0.39, 0.29) is 11.5 Å². The van der Waals surface area contributed by atoms with Gasteiger partial charge in [0, 0.05) is 0 Å². The first-order chi connectivity index (χ1) is 9.47. The third-order valence-corrected chi connectivity index (χ3v) is 3.22. The van der Waals surface area contributed by atoms with Gasteiger partial charge in [-0.3, -0.25) is 14.2 Å². The normalized spacial score (nSPS) is 12.6. The van der Waals surface area contributed by atoms with E-state index in [9.17, 15) is 9.59 Å². The number of carbonyl (C=O) groups is 1. The summed E-state index contributed by atoms with van der Waals surface area (Å²) in [6.07, 6.45) is 1.35. The van der Waals surface area contributed by atoms with E-state index in [2.05, 4.69) is 4.98 Å². The number of hydrogen-bond donors (Lipinski definition) is 1. The molecule has 0 aliphatic heterocycles. The van der Waals surface area contributed by atoms with Crippen LogP contribution in [0.5, 0.6) is 5.75 Å². The van der Waals surface area contributed by atoms with Crippen LogP contribution in [-0.2, 0) is 4.79 Å². The molecule has 0 saturated heterocycles. The Hall–Kier alpha value is -2.37. The summed E-state index contributed by atoms with van der Waals surface area (Å²) in [4.78, 5) is 28.3. The Morgan fingerprint density at radius 3 is 2.65 bits per heavy atom. The number of fused-ring (bicyclic) bond motifs is 1. The highest BCUT2D eigenvalue weighted by molar-refractivity contribution is 5.84. The molecule has 0 aliphatic rings. The third-order valence-electron chi connectivity index (χ3n) is 3.22. The summed E-state index contributed by atoms with van der Waals surface area (Å²) < 4.78 is 6.46. The molecule has 2 N–H and O–H groups in total. The molecule has 0 radical (unpaired) electrons. The Kier molecular flexibility index (Phi) is 3.74. The summed E-state index contributed by atoms with van der Waals surface area (Å²) in [5, 5.41) is 0.402. The number of nitrogens with zero attached hydrogens (tertiary/aromatic N) is 2. The fraction of sp³-hybridized carbons (Fsp3) is 0.357. The molecule has 1 atom stereocenters. The lowest BCUT2D eigenvalue weighted by Gasteiger charge is -2.20. The van der Waals surface area contributed by atoms with E-state index in [4.69, 9.17) is 10.5 Å². The molecular weight excluding hydrogens is 258 g/mol. The van der Waals surface area contributed by atoms with Crippen molar-refractivity contribution < 1.29 is 9.53 Å². The molecule has 20 heavy (non-hydrogen) atoms. The summed E-state index contributed by atoms with van der Waals surface area (Å²) in [5.41, 5.74) is 5.56. The van der Waals surface area contributed by atoms with Crippen LogP contribution in [0.15, 0.2) is 29.3 Å². The van der Waals surface area contributed by atoms with Crippen LogP contribution in [-0.4, -0.2) is 22.6 Å². The van der Waals surface area contributed by atoms with E-state index in [1.54, 1.807) is 18.2 Å². The minimum atomic E-state index is -0.717. The quantitative estimate of drug-likeness (QED) is 0.904. The zero-order valence-electron chi connectivity index (χ0n) is 11.7. The SMILES string of the molecule is COc1cccc2c(=O)n([C@H](C(N)=O)C(C)C)cnc12. The molecule has 0 spiro atoms. The molecule has 0 fully saturated rings. The number of primary amides is 1. The van der Waals surface area contributed by atoms with Crippen LogP contribution in [0, 0.1) is 5.92 Å². The van der Waals surface area contributed by atoms with Crippen molar-refractivity contribution in [1.82, 2.24) is 9.55 Å². The van der Waals surface area contributed by atoms with E-state index in [1.807, 2.05) is 13.8 Å². The molecule has 1 aromatic heterocycles. The molecule has 1 amide bonds. The topological polar surface area (TPSA) is 87.2 Å². The summed E-state index contributed by atoms with van der Waals surface area (Å²) in [5.74, 6) is -0.131. The second kappa shape index (κ2) is 5.32. The molecule has 6 nitrogen and oxygen atoms in total. The first kappa shape index (κ1) is 14.0. The van der Waals surface area contributed by atoms with Gasteiger partial charge in [-0.2, -0.15) is 0 Å². The van der Waals surface area contributed by atoms with Crippen LogP contribution >= 0.6 is 0 Å². The van der Waals surface area contributed by atoms with Crippen molar-refractivity contribution >= 4 is 16.8 Å². The van der Waals surface area contributed by atoms with Gasteiger partial charge in [0.15, 0.2) is 0 Å². The van der Waals surface area contributed by atoms with Gasteiger partial charge in [0.25, 0.3) is 5.56 Å². The van der Waals surface area contributed by atoms with Crippen molar-refractivity contribution in [1.29, 1.82) is 0 Å². The van der Waals surface area contributed by atoms with Crippen LogP contribution in [0.25, 0.3) is 10.9 Å². The van der Waals surface area contributed by atoms with Gasteiger partial charge in [0.1, 0.15) is 17.3 Å². The second-order valence-corrected chi connectivity index (χ2v) is 4.90. The molecule has 0 aliphatic carbocycles. The average Bonchev–Trinajstić information content (AvgIpc) is 2.40. The number of nitrogens with two attached hydrogens (primary N) is 1. The Labute approximate surface area is 116 Å². The van der Waals surface area contributed by atoms with E-state index in [0.29, 0.717) is 16.7 Å². The highest BCUT2D eigenvalue weighted by atomic mass is 16.5. The molecular formula is C14H17N3O3. The molecule has 0 saturated carbocycles. The Morgan fingerprint density at radius 1 is 1.40 bits per heavy atom. The van der Waals surface area contributed by atoms with Crippen molar-refractivity contribution in [2.75, 3.05) is 7.11 Å². The first-order valence-corrected chi connectivity index (χ1v) is 6.30. The smallest absolute Gasteiger partial charge is 0.262 e. The lowest BCUT2D eigenvalue weighted by molar-refractivity contribution is -0.122. The predicted octanol–water partition coefficient (Wildman–Crippen LogP) is 1.09. The van der Waals surface area contributed by atoms with Crippen molar-refractivity contribution in [3.05, 3.63) is 34.9 Å². The molecule has 106 valence electrons. The Morgan fingerprint density at radius 2 is 2.10 bits per heavy atom. The van der Waals surface area contributed by atoms with Crippen LogP contribution in [0.4, 0.5) is 0 Å². The van der Waals surface area contributed by atoms with Gasteiger partial charge in [-0.1, -0.05) is 19.9 Å². The van der Waals surface area contributed by atoms with Gasteiger partial charge in [0.05, 0.1) is 18.8 Å². The molecule has 2 aromatic rings. The standard InChI is InChI=1S/C14H17N3O3/c1-8(2)12(13(15)18)17-7-16-11-9(14(17)19)5-4-6-10(11)20-3/h4-8,12H,1-3H3,(H2,15,18)/t12-/m0/s1. The van der Waals surface area contributed by atoms with Gasteiger partial charge in [-0.15, -0.1) is 0 Å². The van der Waals surface area contributed by atoms with Gasteiger partial charge >= 0.3 is 0 Å². The number of ether oxygens (including phenoxy) is 1. The number of methoxy groups -OCH3 is 1.